The molecule has 1 N–H and O–H groups in total. The summed E-state index contributed by atoms with van der Waals surface area (Å²) in [5, 5.41) is 13.0. The minimum atomic E-state index is -0.694. The van der Waals surface area contributed by atoms with Crippen LogP contribution in [0.5, 0.6) is 0 Å². The molecule has 2 rings (SSSR count). The van der Waals surface area contributed by atoms with Crippen molar-refractivity contribution in [1.29, 1.82) is 0 Å². The van der Waals surface area contributed by atoms with Crippen molar-refractivity contribution in [3.05, 3.63) is 16.1 Å². The molecular weight excluding hydrogens is 280 g/mol. The SMILES string of the molecule is Cc1nc(CSCCC(=O)N2CCC(C)(O)C2)cs1. The summed E-state index contributed by atoms with van der Waals surface area (Å²) in [5.41, 5.74) is 0.407. The third-order valence-electron chi connectivity index (χ3n) is 3.18. The lowest BCUT2D eigenvalue weighted by Crippen LogP contribution is -2.34. The first-order valence-corrected chi connectivity index (χ1v) is 8.49. The predicted molar refractivity (Wildman–Crippen MR) is 79.5 cm³/mol. The van der Waals surface area contributed by atoms with E-state index in [4.69, 9.17) is 0 Å². The van der Waals surface area contributed by atoms with Crippen LogP contribution in [0.15, 0.2) is 5.38 Å². The quantitative estimate of drug-likeness (QED) is 0.846. The molecule has 1 aliphatic rings. The monoisotopic (exact) mass is 300 g/mol. The summed E-state index contributed by atoms with van der Waals surface area (Å²) < 4.78 is 0. The van der Waals surface area contributed by atoms with Crippen LogP contribution >= 0.6 is 23.1 Å². The number of aromatic nitrogens is 1. The molecule has 1 aromatic rings. The molecule has 0 bridgehead atoms. The number of rotatable bonds is 5. The van der Waals surface area contributed by atoms with E-state index in [1.54, 1.807) is 34.9 Å². The highest BCUT2D eigenvalue weighted by molar-refractivity contribution is 7.98. The number of β-amino-alcohol motifs (C(OH)–C–C–N with tert-alkyl or cyclic N) is 1. The third-order valence-corrected chi connectivity index (χ3v) is 5.00. The molecular formula is C13H20N2O2S2. The maximum Gasteiger partial charge on any atom is 0.223 e. The van der Waals surface area contributed by atoms with Gasteiger partial charge in [-0.05, 0) is 20.3 Å². The van der Waals surface area contributed by atoms with Gasteiger partial charge < -0.3 is 10.0 Å². The van der Waals surface area contributed by atoms with Crippen molar-refractivity contribution in [3.8, 4) is 0 Å². The first-order chi connectivity index (χ1) is 8.96. The molecule has 0 aliphatic carbocycles. The summed E-state index contributed by atoms with van der Waals surface area (Å²) in [4.78, 5) is 18.1. The summed E-state index contributed by atoms with van der Waals surface area (Å²) in [6, 6.07) is 0. The van der Waals surface area contributed by atoms with E-state index in [0.29, 0.717) is 25.9 Å². The van der Waals surface area contributed by atoms with Crippen LogP contribution in [0.4, 0.5) is 0 Å². The van der Waals surface area contributed by atoms with E-state index in [-0.39, 0.29) is 5.91 Å². The van der Waals surface area contributed by atoms with Gasteiger partial charge in [0.2, 0.25) is 5.91 Å². The molecule has 19 heavy (non-hydrogen) atoms. The van der Waals surface area contributed by atoms with E-state index < -0.39 is 5.60 Å². The number of amides is 1. The number of likely N-dealkylation sites (tertiary alicyclic amines) is 1. The lowest BCUT2D eigenvalue weighted by Gasteiger charge is -2.18. The Balaban J connectivity index is 1.64. The van der Waals surface area contributed by atoms with Crippen LogP contribution in [0, 0.1) is 6.92 Å². The number of carbonyl (C=O) groups is 1. The smallest absolute Gasteiger partial charge is 0.223 e. The Hall–Kier alpha value is -0.590. The van der Waals surface area contributed by atoms with E-state index in [2.05, 4.69) is 10.4 Å². The molecule has 4 nitrogen and oxygen atoms in total. The second kappa shape index (κ2) is 6.24. The van der Waals surface area contributed by atoms with Crippen LogP contribution in [-0.2, 0) is 10.5 Å². The Kier molecular flexibility index (Phi) is 4.86. The summed E-state index contributed by atoms with van der Waals surface area (Å²) in [7, 11) is 0. The second-order valence-corrected chi connectivity index (χ2v) is 7.39. The van der Waals surface area contributed by atoms with Crippen molar-refractivity contribution in [2.24, 2.45) is 0 Å². The van der Waals surface area contributed by atoms with E-state index in [1.807, 2.05) is 6.92 Å². The summed E-state index contributed by atoms with van der Waals surface area (Å²) in [5.74, 6) is 1.84. The van der Waals surface area contributed by atoms with Crippen molar-refractivity contribution >= 4 is 29.0 Å². The highest BCUT2D eigenvalue weighted by atomic mass is 32.2. The molecule has 1 aliphatic heterocycles. The largest absolute Gasteiger partial charge is 0.388 e. The van der Waals surface area contributed by atoms with Gasteiger partial charge in [0.25, 0.3) is 0 Å². The molecule has 6 heteroatoms. The van der Waals surface area contributed by atoms with Gasteiger partial charge in [0.1, 0.15) is 0 Å². The van der Waals surface area contributed by atoms with Gasteiger partial charge in [0.05, 0.1) is 16.3 Å². The molecule has 1 fully saturated rings. The number of hydrogen-bond acceptors (Lipinski definition) is 5. The van der Waals surface area contributed by atoms with Gasteiger partial charge in [-0.15, -0.1) is 11.3 Å². The Morgan fingerprint density at radius 1 is 1.68 bits per heavy atom. The van der Waals surface area contributed by atoms with Gasteiger partial charge in [0.15, 0.2) is 0 Å². The van der Waals surface area contributed by atoms with Crippen LogP contribution < -0.4 is 0 Å². The number of thioether (sulfide) groups is 1. The molecule has 0 saturated carbocycles. The fraction of sp³-hybridized carbons (Fsp3) is 0.692. The van der Waals surface area contributed by atoms with Crippen LogP contribution in [0.1, 0.15) is 30.5 Å². The van der Waals surface area contributed by atoms with Crippen LogP contribution in [0.2, 0.25) is 0 Å². The van der Waals surface area contributed by atoms with Crippen LogP contribution in [-0.4, -0.2) is 45.3 Å². The van der Waals surface area contributed by atoms with E-state index in [9.17, 15) is 9.90 Å². The normalized spacial score (nSPS) is 23.0. The first kappa shape index (κ1) is 14.8. The Morgan fingerprint density at radius 3 is 3.05 bits per heavy atom. The molecule has 0 aromatic carbocycles. The average Bonchev–Trinajstić information content (AvgIpc) is 2.90. The number of hydrogen-bond donors (Lipinski definition) is 1. The topological polar surface area (TPSA) is 53.4 Å². The standard InChI is InChI=1S/C13H20N2O2S2/c1-10-14-11(8-19-10)7-18-6-3-12(16)15-5-4-13(2,17)9-15/h8,17H,3-7,9H2,1-2H3. The van der Waals surface area contributed by atoms with Crippen LogP contribution in [0.3, 0.4) is 0 Å². The van der Waals surface area contributed by atoms with Gasteiger partial charge in [-0.25, -0.2) is 4.98 Å². The number of aliphatic hydroxyl groups is 1. The maximum absolute atomic E-state index is 11.9. The number of aryl methyl sites for hydroxylation is 1. The molecule has 0 radical (unpaired) electrons. The molecule has 1 unspecified atom stereocenters. The molecule has 1 atom stereocenters. The number of thiazole rings is 1. The van der Waals surface area contributed by atoms with Crippen molar-refractivity contribution in [3.63, 3.8) is 0 Å². The lowest BCUT2D eigenvalue weighted by atomic mass is 10.1. The zero-order valence-corrected chi connectivity index (χ0v) is 13.0. The fourth-order valence-electron chi connectivity index (χ4n) is 2.13. The van der Waals surface area contributed by atoms with Gasteiger partial charge in [0, 0.05) is 36.4 Å². The van der Waals surface area contributed by atoms with Gasteiger partial charge in [-0.2, -0.15) is 11.8 Å². The Bertz CT molecular complexity index is 446. The Labute approximate surface area is 122 Å². The molecule has 2 heterocycles. The van der Waals surface area contributed by atoms with Gasteiger partial charge >= 0.3 is 0 Å². The third kappa shape index (κ3) is 4.47. The molecule has 1 saturated heterocycles. The molecule has 1 aromatic heterocycles. The molecule has 0 spiro atoms. The first-order valence-electron chi connectivity index (χ1n) is 6.45. The van der Waals surface area contributed by atoms with Gasteiger partial charge in [-0.3, -0.25) is 4.79 Å². The van der Waals surface area contributed by atoms with E-state index in [0.717, 1.165) is 22.2 Å². The number of carbonyl (C=O) groups excluding carboxylic acids is 1. The van der Waals surface area contributed by atoms with Crippen molar-refractivity contribution in [1.82, 2.24) is 9.88 Å². The summed E-state index contributed by atoms with van der Waals surface area (Å²) >= 11 is 3.40. The zero-order chi connectivity index (χ0) is 13.9. The van der Waals surface area contributed by atoms with E-state index >= 15 is 0 Å². The highest BCUT2D eigenvalue weighted by Crippen LogP contribution is 2.22. The van der Waals surface area contributed by atoms with Gasteiger partial charge in [-0.1, -0.05) is 0 Å². The predicted octanol–water partition coefficient (Wildman–Crippen LogP) is 2.06. The fourth-order valence-corrected chi connectivity index (χ4v) is 3.67. The second-order valence-electron chi connectivity index (χ2n) is 5.22. The maximum atomic E-state index is 11.9. The molecule has 106 valence electrons. The van der Waals surface area contributed by atoms with Crippen molar-refractivity contribution < 1.29 is 9.90 Å². The van der Waals surface area contributed by atoms with Crippen LogP contribution in [0.25, 0.3) is 0 Å². The van der Waals surface area contributed by atoms with E-state index in [1.165, 1.54) is 0 Å². The van der Waals surface area contributed by atoms with Crippen molar-refractivity contribution in [2.45, 2.75) is 38.0 Å². The lowest BCUT2D eigenvalue weighted by molar-refractivity contribution is -0.130. The highest BCUT2D eigenvalue weighted by Gasteiger charge is 2.33. The zero-order valence-electron chi connectivity index (χ0n) is 11.4. The minimum absolute atomic E-state index is 0.153. The molecule has 1 amide bonds. The summed E-state index contributed by atoms with van der Waals surface area (Å²) in [6.07, 6.45) is 1.23. The Morgan fingerprint density at radius 2 is 2.47 bits per heavy atom. The summed E-state index contributed by atoms with van der Waals surface area (Å²) in [6.45, 7) is 4.95. The van der Waals surface area contributed by atoms with Crippen molar-refractivity contribution in [2.75, 3.05) is 18.8 Å². The average molecular weight is 300 g/mol. The minimum Gasteiger partial charge on any atom is -0.388 e. The number of nitrogens with zero attached hydrogens (tertiary/aromatic N) is 2.